The van der Waals surface area contributed by atoms with Gasteiger partial charge in [0.2, 0.25) is 5.95 Å². The molecule has 4 aromatic rings. The third-order valence-electron chi connectivity index (χ3n) is 5.93. The fourth-order valence-electron chi connectivity index (χ4n) is 4.02. The standard InChI is InChI=1S/C25H28N6S2/c1-30-12-14-31(15-13-30)20-9-7-19(8-10-20)27-25-28-21-11-16-33-23(21)24(29-25)26-17-18-5-3-4-6-22(18)32-2/h3-11,16H,12-15,17H2,1-2H3,(H2,26,27,28,29). The molecule has 0 bridgehead atoms. The van der Waals surface area contributed by atoms with Crippen LogP contribution in [0.1, 0.15) is 5.56 Å². The Labute approximate surface area is 203 Å². The number of hydrogen-bond acceptors (Lipinski definition) is 8. The number of thiophene rings is 1. The van der Waals surface area contributed by atoms with Crippen LogP contribution in [0.4, 0.5) is 23.1 Å². The lowest BCUT2D eigenvalue weighted by Gasteiger charge is -2.34. The molecule has 0 spiro atoms. The smallest absolute Gasteiger partial charge is 0.229 e. The van der Waals surface area contributed by atoms with Crippen LogP contribution in [0.2, 0.25) is 0 Å². The van der Waals surface area contributed by atoms with E-state index in [1.165, 1.54) is 16.1 Å². The normalized spacial score (nSPS) is 14.5. The van der Waals surface area contributed by atoms with Crippen molar-refractivity contribution in [1.29, 1.82) is 0 Å². The summed E-state index contributed by atoms with van der Waals surface area (Å²) in [5, 5.41) is 9.00. The number of anilines is 4. The van der Waals surface area contributed by atoms with Gasteiger partial charge in [0, 0.05) is 49.0 Å². The number of nitrogens with one attached hydrogen (secondary N) is 2. The van der Waals surface area contributed by atoms with Crippen LogP contribution in [0.25, 0.3) is 10.2 Å². The molecule has 2 aromatic carbocycles. The van der Waals surface area contributed by atoms with E-state index in [4.69, 9.17) is 9.97 Å². The van der Waals surface area contributed by atoms with Crippen LogP contribution < -0.4 is 15.5 Å². The van der Waals surface area contributed by atoms with Crippen LogP contribution in [-0.4, -0.2) is 54.4 Å². The fraction of sp³-hybridized carbons (Fsp3) is 0.280. The lowest BCUT2D eigenvalue weighted by Crippen LogP contribution is -2.44. The summed E-state index contributed by atoms with van der Waals surface area (Å²) in [6, 6.07) is 19.1. The molecule has 0 saturated carbocycles. The van der Waals surface area contributed by atoms with Crippen molar-refractivity contribution >= 4 is 56.5 Å². The molecule has 3 heterocycles. The molecule has 0 radical (unpaired) electrons. The zero-order valence-corrected chi connectivity index (χ0v) is 20.5. The molecule has 0 unspecified atom stereocenters. The summed E-state index contributed by atoms with van der Waals surface area (Å²) in [6.07, 6.45) is 2.11. The molecule has 1 saturated heterocycles. The Morgan fingerprint density at radius 1 is 0.970 bits per heavy atom. The second-order valence-corrected chi connectivity index (χ2v) is 9.92. The Kier molecular flexibility index (Phi) is 6.66. The summed E-state index contributed by atoms with van der Waals surface area (Å²) in [6.45, 7) is 5.06. The number of fused-ring (bicyclic) bond motifs is 1. The highest BCUT2D eigenvalue weighted by atomic mass is 32.2. The molecule has 2 aromatic heterocycles. The maximum absolute atomic E-state index is 4.81. The Morgan fingerprint density at radius 2 is 1.76 bits per heavy atom. The summed E-state index contributed by atoms with van der Waals surface area (Å²) in [5.74, 6) is 1.47. The highest BCUT2D eigenvalue weighted by molar-refractivity contribution is 7.98. The Hall–Kier alpha value is -2.81. The molecule has 1 fully saturated rings. The molecule has 0 aliphatic carbocycles. The molecule has 170 valence electrons. The summed E-state index contributed by atoms with van der Waals surface area (Å²) < 4.78 is 1.08. The highest BCUT2D eigenvalue weighted by Crippen LogP contribution is 2.30. The summed E-state index contributed by atoms with van der Waals surface area (Å²) >= 11 is 3.43. The van der Waals surface area contributed by atoms with Crippen LogP contribution in [0, 0.1) is 0 Å². The molecule has 1 aliphatic heterocycles. The van der Waals surface area contributed by atoms with Crippen molar-refractivity contribution in [3.05, 3.63) is 65.5 Å². The van der Waals surface area contributed by atoms with Crippen LogP contribution in [-0.2, 0) is 6.54 Å². The van der Waals surface area contributed by atoms with Crippen LogP contribution in [0.5, 0.6) is 0 Å². The van der Waals surface area contributed by atoms with Crippen molar-refractivity contribution < 1.29 is 0 Å². The molecule has 33 heavy (non-hydrogen) atoms. The van der Waals surface area contributed by atoms with Gasteiger partial charge in [-0.15, -0.1) is 23.1 Å². The van der Waals surface area contributed by atoms with Gasteiger partial charge in [0.1, 0.15) is 5.82 Å². The van der Waals surface area contributed by atoms with E-state index >= 15 is 0 Å². The molecule has 6 nitrogen and oxygen atoms in total. The molecule has 0 atom stereocenters. The van der Waals surface area contributed by atoms with Gasteiger partial charge in [-0.3, -0.25) is 0 Å². The summed E-state index contributed by atoms with van der Waals surface area (Å²) in [7, 11) is 2.18. The zero-order chi connectivity index (χ0) is 22.6. The highest BCUT2D eigenvalue weighted by Gasteiger charge is 2.14. The number of thioether (sulfide) groups is 1. The second kappa shape index (κ2) is 9.99. The van der Waals surface area contributed by atoms with E-state index in [0.717, 1.165) is 54.4 Å². The quantitative estimate of drug-likeness (QED) is 0.341. The van der Waals surface area contributed by atoms with Gasteiger partial charge in [0.15, 0.2) is 0 Å². The molecule has 0 amide bonds. The summed E-state index contributed by atoms with van der Waals surface area (Å²) in [4.78, 5) is 15.6. The Morgan fingerprint density at radius 3 is 2.55 bits per heavy atom. The maximum Gasteiger partial charge on any atom is 0.229 e. The first kappa shape index (κ1) is 22.0. The topological polar surface area (TPSA) is 56.3 Å². The van der Waals surface area contributed by atoms with E-state index in [9.17, 15) is 0 Å². The van der Waals surface area contributed by atoms with Crippen molar-refractivity contribution in [3.8, 4) is 0 Å². The van der Waals surface area contributed by atoms with Gasteiger partial charge in [0.25, 0.3) is 0 Å². The van der Waals surface area contributed by atoms with Gasteiger partial charge >= 0.3 is 0 Å². The number of nitrogens with zero attached hydrogens (tertiary/aromatic N) is 4. The molecule has 5 rings (SSSR count). The van der Waals surface area contributed by atoms with Crippen LogP contribution in [0.3, 0.4) is 0 Å². The average molecular weight is 477 g/mol. The first-order chi connectivity index (χ1) is 16.2. The lowest BCUT2D eigenvalue weighted by atomic mass is 10.2. The predicted octanol–water partition coefficient (Wildman–Crippen LogP) is 5.52. The lowest BCUT2D eigenvalue weighted by molar-refractivity contribution is 0.313. The monoisotopic (exact) mass is 476 g/mol. The van der Waals surface area contributed by atoms with Crippen molar-refractivity contribution in [3.63, 3.8) is 0 Å². The number of benzene rings is 2. The first-order valence-electron chi connectivity index (χ1n) is 11.1. The van der Waals surface area contributed by atoms with Gasteiger partial charge in [0.05, 0.1) is 10.2 Å². The van der Waals surface area contributed by atoms with Crippen LogP contribution in [0.15, 0.2) is 64.9 Å². The van der Waals surface area contributed by atoms with Crippen molar-refractivity contribution in [2.75, 3.05) is 55.0 Å². The average Bonchev–Trinajstić information content (AvgIpc) is 3.33. The molecule has 1 aliphatic rings. The van der Waals surface area contributed by atoms with E-state index in [-0.39, 0.29) is 0 Å². The minimum absolute atomic E-state index is 0.605. The van der Waals surface area contributed by atoms with E-state index < -0.39 is 0 Å². The van der Waals surface area contributed by atoms with Gasteiger partial charge in [-0.25, -0.2) is 4.98 Å². The minimum Gasteiger partial charge on any atom is -0.369 e. The number of hydrogen-bond donors (Lipinski definition) is 2. The van der Waals surface area contributed by atoms with Gasteiger partial charge in [-0.2, -0.15) is 4.98 Å². The number of rotatable bonds is 7. The zero-order valence-electron chi connectivity index (χ0n) is 18.9. The Bertz CT molecular complexity index is 1220. The summed E-state index contributed by atoms with van der Waals surface area (Å²) in [5.41, 5.74) is 4.47. The molecular formula is C25H28N6S2. The molecule has 8 heteroatoms. The SMILES string of the molecule is CSc1ccccc1CNc1nc(Nc2ccc(N3CCN(C)CC3)cc2)nc2ccsc12. The van der Waals surface area contributed by atoms with E-state index in [1.54, 1.807) is 23.1 Å². The number of piperazine rings is 1. The predicted molar refractivity (Wildman–Crippen MR) is 142 cm³/mol. The third-order valence-corrected chi connectivity index (χ3v) is 7.68. The number of likely N-dealkylation sites (N-methyl/N-ethyl adjacent to an activating group) is 1. The van der Waals surface area contributed by atoms with Crippen molar-refractivity contribution in [2.45, 2.75) is 11.4 Å². The number of aromatic nitrogens is 2. The molecular weight excluding hydrogens is 448 g/mol. The van der Waals surface area contributed by atoms with Crippen molar-refractivity contribution in [2.24, 2.45) is 0 Å². The van der Waals surface area contributed by atoms with Gasteiger partial charge in [-0.1, -0.05) is 18.2 Å². The largest absolute Gasteiger partial charge is 0.369 e. The van der Waals surface area contributed by atoms with E-state index in [2.05, 4.69) is 87.6 Å². The first-order valence-corrected chi connectivity index (χ1v) is 13.2. The Balaban J connectivity index is 1.32. The van der Waals surface area contributed by atoms with Crippen LogP contribution >= 0.6 is 23.1 Å². The van der Waals surface area contributed by atoms with E-state index in [1.807, 2.05) is 6.07 Å². The van der Waals surface area contributed by atoms with Crippen molar-refractivity contribution in [1.82, 2.24) is 14.9 Å². The second-order valence-electron chi connectivity index (χ2n) is 8.16. The van der Waals surface area contributed by atoms with Gasteiger partial charge in [-0.05, 0) is 60.6 Å². The minimum atomic E-state index is 0.605. The van der Waals surface area contributed by atoms with E-state index in [0.29, 0.717) is 5.95 Å². The fourth-order valence-corrected chi connectivity index (χ4v) is 5.43. The van der Waals surface area contributed by atoms with Gasteiger partial charge < -0.3 is 20.4 Å². The third kappa shape index (κ3) is 5.08. The molecule has 2 N–H and O–H groups in total. The maximum atomic E-state index is 4.81.